The normalized spacial score (nSPS) is 22.3. The van der Waals surface area contributed by atoms with Crippen molar-refractivity contribution in [1.29, 1.82) is 0 Å². The molecule has 216 valence electrons. The van der Waals surface area contributed by atoms with Gasteiger partial charge >= 0.3 is 31.8 Å². The van der Waals surface area contributed by atoms with Gasteiger partial charge in [-0.25, -0.2) is 13.9 Å². The number of phosphoric acid groups is 1. The van der Waals surface area contributed by atoms with E-state index in [-0.39, 0.29) is 11.5 Å². The van der Waals surface area contributed by atoms with Crippen LogP contribution in [0.2, 0.25) is 0 Å². The molecule has 2 aromatic rings. The third-order valence-corrected chi connectivity index (χ3v) is 6.39. The molecule has 1 aliphatic rings. The minimum absolute atomic E-state index is 0.0841. The highest BCUT2D eigenvalue weighted by Crippen LogP contribution is 2.52. The number of hydrogen-bond acceptors (Lipinski definition) is 13. The van der Waals surface area contributed by atoms with Crippen LogP contribution in [0.15, 0.2) is 60.7 Å². The molecule has 1 aliphatic heterocycles. The third kappa shape index (κ3) is 8.97. The Hall–Kier alpha value is -4.13. The molecular formula is C25H28NO13P. The van der Waals surface area contributed by atoms with Gasteiger partial charge in [0.2, 0.25) is 6.29 Å². The fourth-order valence-corrected chi connectivity index (χ4v) is 4.93. The first-order valence-corrected chi connectivity index (χ1v) is 13.3. The lowest BCUT2D eigenvalue weighted by Gasteiger charge is -2.43. The van der Waals surface area contributed by atoms with E-state index in [9.17, 15) is 23.7 Å². The number of hydrogen-bond donors (Lipinski definition) is 1. The summed E-state index contributed by atoms with van der Waals surface area (Å²) in [4.78, 5) is 47.3. The van der Waals surface area contributed by atoms with Crippen molar-refractivity contribution in [2.24, 2.45) is 5.73 Å². The second-order valence-electron chi connectivity index (χ2n) is 8.26. The summed E-state index contributed by atoms with van der Waals surface area (Å²) in [7, 11) is -4.69. The fourth-order valence-electron chi connectivity index (χ4n) is 3.63. The van der Waals surface area contributed by atoms with E-state index in [2.05, 4.69) is 0 Å². The van der Waals surface area contributed by atoms with Crippen molar-refractivity contribution >= 4 is 31.8 Å². The summed E-state index contributed by atoms with van der Waals surface area (Å²) in [6.45, 7) is 2.67. The largest absolute Gasteiger partial charge is 0.590 e. The summed E-state index contributed by atoms with van der Waals surface area (Å²) >= 11 is 0. The van der Waals surface area contributed by atoms with E-state index in [4.69, 9.17) is 43.0 Å². The number of phosphoric ester groups is 1. The van der Waals surface area contributed by atoms with Crippen LogP contribution in [0.1, 0.15) is 20.8 Å². The molecule has 1 fully saturated rings. The highest BCUT2D eigenvalue weighted by molar-refractivity contribution is 7.49. The van der Waals surface area contributed by atoms with Crippen molar-refractivity contribution < 1.29 is 61.0 Å². The Balaban J connectivity index is 2.05. The van der Waals surface area contributed by atoms with Gasteiger partial charge in [0, 0.05) is 20.8 Å². The van der Waals surface area contributed by atoms with E-state index in [1.807, 2.05) is 0 Å². The zero-order valence-electron chi connectivity index (χ0n) is 21.7. The molecule has 0 aliphatic carbocycles. The van der Waals surface area contributed by atoms with Crippen LogP contribution in [0.3, 0.4) is 0 Å². The average Bonchev–Trinajstić information content (AvgIpc) is 2.86. The van der Waals surface area contributed by atoms with Gasteiger partial charge in [0.25, 0.3) is 0 Å². The van der Waals surface area contributed by atoms with Crippen LogP contribution in [-0.2, 0) is 47.2 Å². The number of para-hydroxylation sites is 2. The lowest BCUT2D eigenvalue weighted by Crippen LogP contribution is -2.63. The van der Waals surface area contributed by atoms with Gasteiger partial charge in [0.1, 0.15) is 24.2 Å². The molecule has 5 atom stereocenters. The highest BCUT2D eigenvalue weighted by Gasteiger charge is 2.55. The molecule has 1 saturated heterocycles. The molecule has 3 rings (SSSR count). The third-order valence-electron chi connectivity index (χ3n) is 5.05. The molecule has 0 aromatic heterocycles. The van der Waals surface area contributed by atoms with Gasteiger partial charge in [-0.15, -0.1) is 0 Å². The van der Waals surface area contributed by atoms with Crippen LogP contribution in [-0.4, -0.2) is 61.3 Å². The van der Waals surface area contributed by atoms with E-state index < -0.39 is 69.1 Å². The zero-order chi connectivity index (χ0) is 29.3. The highest BCUT2D eigenvalue weighted by atomic mass is 31.2. The number of carbonyl (C=O) groups is 4. The quantitative estimate of drug-likeness (QED) is 0.232. The smallest absolute Gasteiger partial charge is 0.463 e. The Morgan fingerprint density at radius 1 is 0.750 bits per heavy atom. The summed E-state index contributed by atoms with van der Waals surface area (Å²) in [5, 5.41) is 0. The predicted molar refractivity (Wildman–Crippen MR) is 134 cm³/mol. The van der Waals surface area contributed by atoms with E-state index in [1.165, 1.54) is 24.3 Å². The number of ether oxygens (including phenoxy) is 5. The van der Waals surface area contributed by atoms with E-state index in [0.717, 1.165) is 20.8 Å². The molecule has 15 heteroatoms. The van der Waals surface area contributed by atoms with Crippen molar-refractivity contribution in [1.82, 2.24) is 0 Å². The molecular weight excluding hydrogens is 553 g/mol. The van der Waals surface area contributed by atoms with Gasteiger partial charge < -0.3 is 38.5 Å². The van der Waals surface area contributed by atoms with Gasteiger partial charge in [0.15, 0.2) is 18.3 Å². The molecule has 1 heterocycles. The topological polar surface area (TPSA) is 185 Å². The zero-order valence-corrected chi connectivity index (χ0v) is 22.6. The molecule has 0 saturated carbocycles. The predicted octanol–water partition coefficient (Wildman–Crippen LogP) is 2.88. The summed E-state index contributed by atoms with van der Waals surface area (Å²) in [5.74, 6) is -2.29. The van der Waals surface area contributed by atoms with E-state index >= 15 is 0 Å². The Kier molecular flexibility index (Phi) is 10.5. The molecule has 5 unspecified atom stereocenters. The lowest BCUT2D eigenvalue weighted by atomic mass is 9.98. The number of nitrogens with two attached hydrogens (primary N) is 1. The van der Waals surface area contributed by atoms with Crippen molar-refractivity contribution in [2.45, 2.75) is 51.5 Å². The number of amides is 1. The van der Waals surface area contributed by atoms with Gasteiger partial charge in [-0.1, -0.05) is 36.4 Å². The second kappa shape index (κ2) is 13.8. The van der Waals surface area contributed by atoms with Crippen LogP contribution in [0, 0.1) is 0 Å². The second-order valence-corrected chi connectivity index (χ2v) is 9.73. The maximum Gasteiger partial charge on any atom is 0.590 e. The fraction of sp³-hybridized carbons (Fsp3) is 0.360. The van der Waals surface area contributed by atoms with Crippen LogP contribution >= 0.6 is 7.82 Å². The van der Waals surface area contributed by atoms with Gasteiger partial charge in [-0.2, -0.15) is 0 Å². The number of primary amides is 1. The first-order valence-electron chi connectivity index (χ1n) is 11.8. The molecule has 2 N–H and O–H groups in total. The van der Waals surface area contributed by atoms with Crippen molar-refractivity contribution in [3.05, 3.63) is 60.7 Å². The Morgan fingerprint density at radius 2 is 1.25 bits per heavy atom. The Morgan fingerprint density at radius 3 is 1.70 bits per heavy atom. The van der Waals surface area contributed by atoms with E-state index in [1.54, 1.807) is 36.4 Å². The van der Waals surface area contributed by atoms with Gasteiger partial charge in [-0.3, -0.25) is 14.4 Å². The minimum Gasteiger partial charge on any atom is -0.463 e. The number of esters is 3. The summed E-state index contributed by atoms with van der Waals surface area (Å²) < 4.78 is 57.5. The van der Waals surface area contributed by atoms with Crippen LogP contribution in [0.4, 0.5) is 4.79 Å². The molecule has 1 amide bonds. The minimum atomic E-state index is -4.69. The first-order chi connectivity index (χ1) is 19.0. The molecule has 0 bridgehead atoms. The molecule has 2 aromatic carbocycles. The van der Waals surface area contributed by atoms with E-state index in [0.29, 0.717) is 0 Å². The summed E-state index contributed by atoms with van der Waals surface area (Å²) in [6, 6.07) is 15.7. The van der Waals surface area contributed by atoms with Crippen LogP contribution in [0.25, 0.3) is 0 Å². The molecule has 14 nitrogen and oxygen atoms in total. The Bertz CT molecular complexity index is 1180. The van der Waals surface area contributed by atoms with Crippen LogP contribution < -0.4 is 14.8 Å². The van der Waals surface area contributed by atoms with Crippen molar-refractivity contribution in [3.63, 3.8) is 0 Å². The van der Waals surface area contributed by atoms with Crippen molar-refractivity contribution in [2.75, 3.05) is 6.61 Å². The van der Waals surface area contributed by atoms with Crippen molar-refractivity contribution in [3.8, 4) is 11.5 Å². The average molecular weight is 581 g/mol. The summed E-state index contributed by atoms with van der Waals surface area (Å²) in [5.41, 5.74) is 5.24. The van der Waals surface area contributed by atoms with Gasteiger partial charge in [0.05, 0.1) is 0 Å². The molecule has 0 radical (unpaired) electrons. The molecule has 0 spiro atoms. The lowest BCUT2D eigenvalue weighted by molar-refractivity contribution is -0.287. The monoisotopic (exact) mass is 581 g/mol. The maximum atomic E-state index is 14.0. The first kappa shape index (κ1) is 30.4. The standard InChI is InChI=1S/C25H28NO13P/c1-15(27)32-14-20-21(33-16(2)28)22(36-25(26)30)23(34-17(3)29)24(35-20)39-40(31,37-18-10-6-4-7-11-18)38-19-12-8-5-9-13-19/h4-13,20-24H,14H2,1-3H3,(H2,26,30). The Labute approximate surface area is 229 Å². The number of carbonyl (C=O) groups excluding carboxylic acids is 4. The van der Waals surface area contributed by atoms with Gasteiger partial charge in [-0.05, 0) is 24.3 Å². The number of rotatable bonds is 11. The van der Waals surface area contributed by atoms with Crippen LogP contribution in [0.5, 0.6) is 11.5 Å². The summed E-state index contributed by atoms with van der Waals surface area (Å²) in [6.07, 6.45) is -9.44. The maximum absolute atomic E-state index is 14.0. The number of benzene rings is 2. The SMILES string of the molecule is CC(=O)OCC1OC(OP(=O)(Oc2ccccc2)Oc2ccccc2)C(OC(C)=O)C(OC(N)=O)C1OC(C)=O. The molecule has 40 heavy (non-hydrogen) atoms.